The fourth-order valence-corrected chi connectivity index (χ4v) is 2.93. The van der Waals surface area contributed by atoms with E-state index in [2.05, 4.69) is 34.0 Å². The number of benzene rings is 1. The van der Waals surface area contributed by atoms with Crippen molar-refractivity contribution < 1.29 is 4.74 Å². The third-order valence-corrected chi connectivity index (χ3v) is 4.02. The van der Waals surface area contributed by atoms with Crippen molar-refractivity contribution in [3.8, 4) is 5.75 Å². The van der Waals surface area contributed by atoms with Crippen LogP contribution in [0.15, 0.2) is 18.5 Å². The second-order valence-corrected chi connectivity index (χ2v) is 5.29. The first-order chi connectivity index (χ1) is 9.29. The van der Waals surface area contributed by atoms with E-state index >= 15 is 0 Å². The van der Waals surface area contributed by atoms with Gasteiger partial charge >= 0.3 is 0 Å². The number of piperidine rings is 1. The van der Waals surface area contributed by atoms with Gasteiger partial charge < -0.3 is 14.6 Å². The zero-order chi connectivity index (χ0) is 13.2. The molecule has 0 amide bonds. The Balaban J connectivity index is 1.99. The summed E-state index contributed by atoms with van der Waals surface area (Å²) >= 11 is 0. The molecular weight excluding hydrogens is 238 g/mol. The summed E-state index contributed by atoms with van der Waals surface area (Å²) in [6.45, 7) is 5.04. The monoisotopic (exact) mass is 259 g/mol. The number of H-pyrrole nitrogens is 1. The fraction of sp³-hybridized carbons (Fsp3) is 0.533. The largest absolute Gasteiger partial charge is 0.491 e. The van der Waals surface area contributed by atoms with Gasteiger partial charge in [0, 0.05) is 0 Å². The minimum Gasteiger partial charge on any atom is -0.491 e. The molecule has 1 aliphatic rings. The number of rotatable bonds is 3. The summed E-state index contributed by atoms with van der Waals surface area (Å²) in [6.07, 6.45) is 4.14. The van der Waals surface area contributed by atoms with Crippen molar-refractivity contribution in [2.75, 3.05) is 26.7 Å². The van der Waals surface area contributed by atoms with Gasteiger partial charge in [-0.15, -0.1) is 0 Å². The van der Waals surface area contributed by atoms with Gasteiger partial charge in [-0.3, -0.25) is 0 Å². The van der Waals surface area contributed by atoms with Gasteiger partial charge in [0.1, 0.15) is 5.52 Å². The third-order valence-electron chi connectivity index (χ3n) is 4.02. The second-order valence-electron chi connectivity index (χ2n) is 5.29. The average molecular weight is 259 g/mol. The summed E-state index contributed by atoms with van der Waals surface area (Å²) < 4.78 is 5.89. The predicted octanol–water partition coefficient (Wildman–Crippen LogP) is 2.77. The molecule has 0 unspecified atom stereocenters. The molecule has 0 radical (unpaired) electrons. The van der Waals surface area contributed by atoms with Gasteiger partial charge in [0.05, 0.1) is 18.5 Å². The number of hydrogen-bond acceptors (Lipinski definition) is 3. The lowest BCUT2D eigenvalue weighted by Gasteiger charge is -2.30. The molecule has 1 saturated heterocycles. The van der Waals surface area contributed by atoms with Crippen molar-refractivity contribution in [2.45, 2.75) is 25.7 Å². The molecule has 2 aromatic rings. The minimum absolute atomic E-state index is 0.596. The Labute approximate surface area is 113 Å². The summed E-state index contributed by atoms with van der Waals surface area (Å²) in [5.41, 5.74) is 3.35. The number of imidazole rings is 1. The Morgan fingerprint density at radius 1 is 1.37 bits per heavy atom. The highest BCUT2D eigenvalue weighted by atomic mass is 16.5. The first-order valence-electron chi connectivity index (χ1n) is 7.07. The Morgan fingerprint density at radius 3 is 2.89 bits per heavy atom. The van der Waals surface area contributed by atoms with Crippen LogP contribution in [0.3, 0.4) is 0 Å². The Bertz CT molecular complexity index is 556. The molecule has 1 N–H and O–H groups in total. The normalized spacial score (nSPS) is 18.0. The molecule has 19 heavy (non-hydrogen) atoms. The van der Waals surface area contributed by atoms with Crippen molar-refractivity contribution in [1.82, 2.24) is 14.9 Å². The van der Waals surface area contributed by atoms with E-state index in [4.69, 9.17) is 4.74 Å². The van der Waals surface area contributed by atoms with Crippen LogP contribution in [0.1, 0.15) is 31.2 Å². The van der Waals surface area contributed by atoms with Crippen molar-refractivity contribution in [3.05, 3.63) is 24.0 Å². The highest BCUT2D eigenvalue weighted by Crippen LogP contribution is 2.37. The highest BCUT2D eigenvalue weighted by molar-refractivity contribution is 5.83. The molecule has 1 aromatic heterocycles. The van der Waals surface area contributed by atoms with E-state index in [-0.39, 0.29) is 0 Å². The first kappa shape index (κ1) is 12.5. The molecule has 2 heterocycles. The minimum atomic E-state index is 0.596. The molecule has 0 saturated carbocycles. The van der Waals surface area contributed by atoms with Gasteiger partial charge in [-0.05, 0) is 57.5 Å². The topological polar surface area (TPSA) is 41.1 Å². The first-order valence-corrected chi connectivity index (χ1v) is 7.07. The van der Waals surface area contributed by atoms with Crippen molar-refractivity contribution in [3.63, 3.8) is 0 Å². The molecule has 0 bridgehead atoms. The van der Waals surface area contributed by atoms with Crippen LogP contribution < -0.4 is 4.74 Å². The van der Waals surface area contributed by atoms with Crippen LogP contribution in [0.4, 0.5) is 0 Å². The lowest BCUT2D eigenvalue weighted by atomic mass is 9.88. The summed E-state index contributed by atoms with van der Waals surface area (Å²) in [6, 6.07) is 4.33. The molecule has 0 aliphatic carbocycles. The van der Waals surface area contributed by atoms with E-state index < -0.39 is 0 Å². The molecular formula is C15H21N3O. The van der Waals surface area contributed by atoms with E-state index in [9.17, 15) is 0 Å². The number of hydrogen-bond donors (Lipinski definition) is 1. The van der Waals surface area contributed by atoms with Crippen LogP contribution in [0, 0.1) is 0 Å². The molecule has 4 nitrogen and oxygen atoms in total. The van der Waals surface area contributed by atoms with Crippen LogP contribution in [0.5, 0.6) is 5.75 Å². The number of aromatic nitrogens is 2. The van der Waals surface area contributed by atoms with E-state index in [0.717, 1.165) is 29.9 Å². The lowest BCUT2D eigenvalue weighted by Crippen LogP contribution is -2.29. The second kappa shape index (κ2) is 5.21. The molecule has 1 fully saturated rings. The van der Waals surface area contributed by atoms with E-state index in [1.54, 1.807) is 6.33 Å². The van der Waals surface area contributed by atoms with Crippen LogP contribution in [-0.4, -0.2) is 41.6 Å². The Morgan fingerprint density at radius 2 is 2.16 bits per heavy atom. The number of nitrogens with zero attached hydrogens (tertiary/aromatic N) is 2. The van der Waals surface area contributed by atoms with Gasteiger partial charge in [0.25, 0.3) is 0 Å². The van der Waals surface area contributed by atoms with Crippen molar-refractivity contribution in [1.29, 1.82) is 0 Å². The molecule has 4 heteroatoms. The number of nitrogens with one attached hydrogen (secondary N) is 1. The van der Waals surface area contributed by atoms with E-state index in [1.165, 1.54) is 18.4 Å². The SMILES string of the molecule is CCOc1c(C2CCN(C)CC2)ccc2[nH]cnc12. The molecule has 1 aliphatic heterocycles. The lowest BCUT2D eigenvalue weighted by molar-refractivity contribution is 0.251. The van der Waals surface area contributed by atoms with Gasteiger partial charge in [-0.25, -0.2) is 4.98 Å². The Kier molecular flexibility index (Phi) is 3.42. The summed E-state index contributed by atoms with van der Waals surface area (Å²) in [5.74, 6) is 1.58. The van der Waals surface area contributed by atoms with Crippen LogP contribution >= 0.6 is 0 Å². The van der Waals surface area contributed by atoms with E-state index in [1.807, 2.05) is 6.92 Å². The van der Waals surface area contributed by atoms with Crippen molar-refractivity contribution in [2.24, 2.45) is 0 Å². The number of aromatic amines is 1. The maximum Gasteiger partial charge on any atom is 0.150 e. The summed E-state index contributed by atoms with van der Waals surface area (Å²) in [4.78, 5) is 9.97. The number of fused-ring (bicyclic) bond motifs is 1. The van der Waals surface area contributed by atoms with Crippen LogP contribution in [-0.2, 0) is 0 Å². The summed E-state index contributed by atoms with van der Waals surface area (Å²) in [5, 5.41) is 0. The van der Waals surface area contributed by atoms with Gasteiger partial charge in [-0.1, -0.05) is 6.07 Å². The summed E-state index contributed by atoms with van der Waals surface area (Å²) in [7, 11) is 2.19. The standard InChI is InChI=1S/C15H21N3O/c1-3-19-15-12(11-6-8-18(2)9-7-11)4-5-13-14(15)17-10-16-13/h4-5,10-11H,3,6-9H2,1-2H3,(H,16,17). The van der Waals surface area contributed by atoms with Gasteiger partial charge in [-0.2, -0.15) is 0 Å². The fourth-order valence-electron chi connectivity index (χ4n) is 2.93. The zero-order valence-electron chi connectivity index (χ0n) is 11.6. The quantitative estimate of drug-likeness (QED) is 0.921. The smallest absolute Gasteiger partial charge is 0.150 e. The predicted molar refractivity (Wildman–Crippen MR) is 76.7 cm³/mol. The van der Waals surface area contributed by atoms with Crippen molar-refractivity contribution >= 4 is 11.0 Å². The van der Waals surface area contributed by atoms with Gasteiger partial charge in [0.2, 0.25) is 0 Å². The number of ether oxygens (including phenoxy) is 1. The highest BCUT2D eigenvalue weighted by Gasteiger charge is 2.23. The maximum atomic E-state index is 5.89. The molecule has 0 atom stereocenters. The van der Waals surface area contributed by atoms with E-state index in [0.29, 0.717) is 12.5 Å². The van der Waals surface area contributed by atoms with Crippen LogP contribution in [0.2, 0.25) is 0 Å². The maximum absolute atomic E-state index is 5.89. The Hall–Kier alpha value is -1.55. The molecule has 3 rings (SSSR count). The molecule has 0 spiro atoms. The molecule has 102 valence electrons. The average Bonchev–Trinajstić information content (AvgIpc) is 2.89. The zero-order valence-corrected chi connectivity index (χ0v) is 11.6. The number of likely N-dealkylation sites (tertiary alicyclic amines) is 1. The third kappa shape index (κ3) is 2.32. The van der Waals surface area contributed by atoms with Gasteiger partial charge in [0.15, 0.2) is 5.75 Å². The van der Waals surface area contributed by atoms with Crippen LogP contribution in [0.25, 0.3) is 11.0 Å². The molecule has 1 aromatic carbocycles.